The largest absolute Gasteiger partial charge is 0.354 e. The fourth-order valence-corrected chi connectivity index (χ4v) is 3.75. The van der Waals surface area contributed by atoms with Crippen LogP contribution in [0.1, 0.15) is 43.8 Å². The Hall–Kier alpha value is -1.96. The molecule has 0 spiro atoms. The first-order valence-corrected chi connectivity index (χ1v) is 9.22. The van der Waals surface area contributed by atoms with Crippen molar-refractivity contribution in [3.8, 4) is 0 Å². The molecule has 8 heteroatoms. The molecule has 2 fully saturated rings. The average Bonchev–Trinajstić information content (AvgIpc) is 3.05. The average molecular weight is 348 g/mol. The molecule has 2 aliphatic heterocycles. The zero-order chi connectivity index (χ0) is 17.8. The molecule has 25 heavy (non-hydrogen) atoms. The molecule has 2 unspecified atom stereocenters. The molecule has 138 valence electrons. The van der Waals surface area contributed by atoms with Gasteiger partial charge in [0, 0.05) is 12.6 Å². The highest BCUT2D eigenvalue weighted by Gasteiger charge is 2.29. The van der Waals surface area contributed by atoms with Gasteiger partial charge in [-0.05, 0) is 52.5 Å². The molecule has 0 saturated carbocycles. The topological polar surface area (TPSA) is 92.2 Å². The molecule has 0 aliphatic carbocycles. The van der Waals surface area contributed by atoms with Gasteiger partial charge in [-0.1, -0.05) is 0 Å². The molecular weight excluding hydrogens is 320 g/mol. The van der Waals surface area contributed by atoms with E-state index in [2.05, 4.69) is 25.6 Å². The van der Waals surface area contributed by atoms with Crippen LogP contribution >= 0.6 is 0 Å². The van der Waals surface area contributed by atoms with Crippen molar-refractivity contribution in [1.82, 2.24) is 30.3 Å². The van der Waals surface area contributed by atoms with Crippen LogP contribution in [0, 0.1) is 13.8 Å². The third kappa shape index (κ3) is 4.56. The maximum absolute atomic E-state index is 12.4. The zero-order valence-electron chi connectivity index (χ0n) is 15.1. The van der Waals surface area contributed by atoms with Gasteiger partial charge in [-0.25, -0.2) is 9.67 Å². The Kier molecular flexibility index (Phi) is 5.67. The number of nitrogens with one attached hydrogen (secondary N) is 2. The van der Waals surface area contributed by atoms with Gasteiger partial charge in [0.1, 0.15) is 17.7 Å². The predicted molar refractivity (Wildman–Crippen MR) is 92.9 cm³/mol. The first-order chi connectivity index (χ1) is 12.0. The number of aromatic nitrogens is 3. The number of nitrogens with zero attached hydrogens (tertiary/aromatic N) is 4. The molecule has 1 aromatic rings. The smallest absolute Gasteiger partial charge is 0.242 e. The van der Waals surface area contributed by atoms with E-state index in [4.69, 9.17) is 0 Å². The van der Waals surface area contributed by atoms with Crippen molar-refractivity contribution < 1.29 is 9.59 Å². The summed E-state index contributed by atoms with van der Waals surface area (Å²) in [7, 11) is 0. The van der Waals surface area contributed by atoms with Gasteiger partial charge in [0.25, 0.3) is 0 Å². The van der Waals surface area contributed by atoms with Crippen LogP contribution in [-0.4, -0.2) is 63.2 Å². The number of rotatable bonds is 5. The number of hydrogen-bond acceptors (Lipinski definition) is 5. The van der Waals surface area contributed by atoms with Crippen LogP contribution < -0.4 is 10.6 Å². The summed E-state index contributed by atoms with van der Waals surface area (Å²) in [6.07, 6.45) is 4.78. The molecule has 0 bridgehead atoms. The van der Waals surface area contributed by atoms with E-state index in [1.807, 2.05) is 18.5 Å². The predicted octanol–water partition coefficient (Wildman–Crippen LogP) is 0.144. The SMILES string of the molecule is Cc1nc(C)n(CC2CCCN2CC(=O)NC2CCCCNC2=O)n1. The summed E-state index contributed by atoms with van der Waals surface area (Å²) < 4.78 is 1.93. The molecule has 2 atom stereocenters. The summed E-state index contributed by atoms with van der Waals surface area (Å²) >= 11 is 0. The number of aryl methyl sites for hydroxylation is 2. The molecule has 0 radical (unpaired) electrons. The lowest BCUT2D eigenvalue weighted by molar-refractivity contribution is -0.129. The standard InChI is InChI=1S/C17H28N6O2/c1-12-19-13(2)23(21-12)10-14-6-5-9-22(14)11-16(24)20-15-7-3-4-8-18-17(15)25/h14-15H,3-11H2,1-2H3,(H,18,25)(H,20,24). The Morgan fingerprint density at radius 2 is 2.12 bits per heavy atom. The first kappa shape index (κ1) is 17.8. The Balaban J connectivity index is 1.54. The number of hydrogen-bond donors (Lipinski definition) is 2. The minimum absolute atomic E-state index is 0.0578. The quantitative estimate of drug-likeness (QED) is 0.790. The highest BCUT2D eigenvalue weighted by molar-refractivity contribution is 5.88. The van der Waals surface area contributed by atoms with Gasteiger partial charge < -0.3 is 10.6 Å². The number of likely N-dealkylation sites (tertiary alicyclic amines) is 1. The number of carbonyl (C=O) groups is 2. The Labute approximate surface area is 148 Å². The second kappa shape index (κ2) is 7.95. The molecule has 2 amide bonds. The van der Waals surface area contributed by atoms with E-state index < -0.39 is 6.04 Å². The van der Waals surface area contributed by atoms with Crippen molar-refractivity contribution in [2.24, 2.45) is 0 Å². The molecule has 1 aromatic heterocycles. The van der Waals surface area contributed by atoms with Gasteiger partial charge in [-0.15, -0.1) is 0 Å². The third-order valence-corrected chi connectivity index (χ3v) is 5.06. The Morgan fingerprint density at radius 3 is 2.88 bits per heavy atom. The molecule has 3 rings (SSSR count). The summed E-state index contributed by atoms with van der Waals surface area (Å²) in [5, 5.41) is 10.2. The molecule has 0 aromatic carbocycles. The van der Waals surface area contributed by atoms with Gasteiger partial charge in [-0.2, -0.15) is 5.10 Å². The van der Waals surface area contributed by atoms with Crippen LogP contribution in [0.5, 0.6) is 0 Å². The molecule has 8 nitrogen and oxygen atoms in total. The van der Waals surface area contributed by atoms with Gasteiger partial charge in [-0.3, -0.25) is 14.5 Å². The number of amides is 2. The lowest BCUT2D eigenvalue weighted by atomic mass is 10.1. The molecule has 2 saturated heterocycles. The fourth-order valence-electron chi connectivity index (χ4n) is 3.75. The summed E-state index contributed by atoms with van der Waals surface area (Å²) in [6, 6.07) is -0.107. The zero-order valence-corrected chi connectivity index (χ0v) is 15.1. The maximum Gasteiger partial charge on any atom is 0.242 e. The van der Waals surface area contributed by atoms with Crippen molar-refractivity contribution in [3.05, 3.63) is 11.6 Å². The first-order valence-electron chi connectivity index (χ1n) is 9.22. The fraction of sp³-hybridized carbons (Fsp3) is 0.765. The van der Waals surface area contributed by atoms with E-state index in [-0.39, 0.29) is 17.9 Å². The van der Waals surface area contributed by atoms with Crippen molar-refractivity contribution in [2.45, 2.75) is 64.6 Å². The monoisotopic (exact) mass is 348 g/mol. The summed E-state index contributed by atoms with van der Waals surface area (Å²) in [6.45, 7) is 6.54. The van der Waals surface area contributed by atoms with Gasteiger partial charge in [0.05, 0.1) is 13.1 Å². The van der Waals surface area contributed by atoms with E-state index >= 15 is 0 Å². The van der Waals surface area contributed by atoms with Crippen LogP contribution in [0.15, 0.2) is 0 Å². The van der Waals surface area contributed by atoms with E-state index in [1.165, 1.54) is 0 Å². The Morgan fingerprint density at radius 1 is 1.28 bits per heavy atom. The molecular formula is C17H28N6O2. The van der Waals surface area contributed by atoms with E-state index in [9.17, 15) is 9.59 Å². The second-order valence-corrected chi connectivity index (χ2v) is 7.06. The Bertz CT molecular complexity index is 629. The molecule has 2 N–H and O–H groups in total. The van der Waals surface area contributed by atoms with Gasteiger partial charge in [0.15, 0.2) is 0 Å². The minimum atomic E-state index is -0.392. The highest BCUT2D eigenvalue weighted by Crippen LogP contribution is 2.19. The third-order valence-electron chi connectivity index (χ3n) is 5.06. The number of carbonyl (C=O) groups excluding carboxylic acids is 2. The van der Waals surface area contributed by atoms with Crippen LogP contribution in [0.2, 0.25) is 0 Å². The molecule has 3 heterocycles. The van der Waals surface area contributed by atoms with Crippen LogP contribution in [0.25, 0.3) is 0 Å². The van der Waals surface area contributed by atoms with E-state index in [0.717, 1.165) is 56.8 Å². The van der Waals surface area contributed by atoms with Crippen molar-refractivity contribution in [1.29, 1.82) is 0 Å². The van der Waals surface area contributed by atoms with Crippen molar-refractivity contribution >= 4 is 11.8 Å². The van der Waals surface area contributed by atoms with E-state index in [0.29, 0.717) is 13.1 Å². The minimum Gasteiger partial charge on any atom is -0.354 e. The maximum atomic E-state index is 12.4. The highest BCUT2D eigenvalue weighted by atomic mass is 16.2. The summed E-state index contributed by atoms with van der Waals surface area (Å²) in [5.41, 5.74) is 0. The van der Waals surface area contributed by atoms with Crippen molar-refractivity contribution in [3.63, 3.8) is 0 Å². The van der Waals surface area contributed by atoms with Gasteiger partial charge >= 0.3 is 0 Å². The van der Waals surface area contributed by atoms with E-state index in [1.54, 1.807) is 0 Å². The summed E-state index contributed by atoms with van der Waals surface area (Å²) in [5.74, 6) is 1.56. The lowest BCUT2D eigenvalue weighted by Gasteiger charge is -2.25. The van der Waals surface area contributed by atoms with Crippen LogP contribution in [-0.2, 0) is 16.1 Å². The van der Waals surface area contributed by atoms with Crippen LogP contribution in [0.3, 0.4) is 0 Å². The normalized spacial score (nSPS) is 24.8. The second-order valence-electron chi connectivity index (χ2n) is 7.06. The van der Waals surface area contributed by atoms with Gasteiger partial charge in [0.2, 0.25) is 11.8 Å². The lowest BCUT2D eigenvalue weighted by Crippen LogP contribution is -2.49. The van der Waals surface area contributed by atoms with Crippen molar-refractivity contribution in [2.75, 3.05) is 19.6 Å². The summed E-state index contributed by atoms with van der Waals surface area (Å²) in [4.78, 5) is 30.9. The van der Waals surface area contributed by atoms with Crippen LogP contribution in [0.4, 0.5) is 0 Å². The molecule has 2 aliphatic rings.